The molecular weight excluding hydrogens is 267 g/mol. The van der Waals surface area contributed by atoms with E-state index in [2.05, 4.69) is 6.58 Å². The van der Waals surface area contributed by atoms with Crippen LogP contribution in [0.25, 0.3) is 0 Å². The summed E-state index contributed by atoms with van der Waals surface area (Å²) in [5.41, 5.74) is 5.63. The van der Waals surface area contributed by atoms with E-state index in [4.69, 9.17) is 5.73 Å². The molecular formula is C13H19FN2O2S. The summed E-state index contributed by atoms with van der Waals surface area (Å²) in [6.07, 6.45) is 2.21. The molecule has 1 rings (SSSR count). The van der Waals surface area contributed by atoms with Crippen molar-refractivity contribution in [3.8, 4) is 0 Å². The molecule has 0 saturated carbocycles. The highest BCUT2D eigenvalue weighted by molar-refractivity contribution is 7.89. The number of nitrogens with two attached hydrogens (primary N) is 1. The summed E-state index contributed by atoms with van der Waals surface area (Å²) in [7, 11) is -3.68. The van der Waals surface area contributed by atoms with E-state index < -0.39 is 15.8 Å². The van der Waals surface area contributed by atoms with E-state index in [1.54, 1.807) is 6.92 Å². The number of aryl methyl sites for hydroxylation is 1. The highest BCUT2D eigenvalue weighted by Gasteiger charge is 2.25. The lowest BCUT2D eigenvalue weighted by atomic mass is 10.2. The predicted molar refractivity (Wildman–Crippen MR) is 74.8 cm³/mol. The quantitative estimate of drug-likeness (QED) is 0.644. The summed E-state index contributed by atoms with van der Waals surface area (Å²) < 4.78 is 39.6. The van der Waals surface area contributed by atoms with Gasteiger partial charge in [-0.2, -0.15) is 4.31 Å². The third kappa shape index (κ3) is 3.33. The number of anilines is 1. The Hall–Kier alpha value is -1.40. The van der Waals surface area contributed by atoms with E-state index in [1.807, 2.05) is 6.92 Å². The maximum absolute atomic E-state index is 13.3. The second kappa shape index (κ2) is 6.16. The van der Waals surface area contributed by atoms with Crippen molar-refractivity contribution in [2.75, 3.05) is 18.8 Å². The molecule has 0 spiro atoms. The highest BCUT2D eigenvalue weighted by Crippen LogP contribution is 2.24. The second-order valence-electron chi connectivity index (χ2n) is 4.29. The van der Waals surface area contributed by atoms with Gasteiger partial charge in [0.2, 0.25) is 10.0 Å². The lowest BCUT2D eigenvalue weighted by Crippen LogP contribution is -2.32. The van der Waals surface area contributed by atoms with E-state index in [-0.39, 0.29) is 17.1 Å². The molecule has 0 bridgehead atoms. The fourth-order valence-electron chi connectivity index (χ4n) is 1.79. The van der Waals surface area contributed by atoms with Gasteiger partial charge in [-0.15, -0.1) is 6.58 Å². The van der Waals surface area contributed by atoms with E-state index in [9.17, 15) is 12.8 Å². The average Bonchev–Trinajstić information content (AvgIpc) is 2.33. The molecule has 2 N–H and O–H groups in total. The van der Waals surface area contributed by atoms with Crippen LogP contribution in [0.3, 0.4) is 0 Å². The molecule has 6 heteroatoms. The fourth-order valence-corrected chi connectivity index (χ4v) is 3.53. The average molecular weight is 286 g/mol. The molecule has 106 valence electrons. The Morgan fingerprint density at radius 3 is 2.63 bits per heavy atom. The van der Waals surface area contributed by atoms with Crippen molar-refractivity contribution in [2.45, 2.75) is 25.2 Å². The second-order valence-corrected chi connectivity index (χ2v) is 6.20. The standard InChI is InChI=1S/C13H19FN2O2S/c1-4-6-16(7-5-2)19(17,18)13-9-12(15)11(14)8-10(13)3/h4,8-9H,1,5-7,15H2,2-3H3. The Balaban J connectivity index is 3.32. The van der Waals surface area contributed by atoms with Gasteiger partial charge in [0, 0.05) is 13.1 Å². The van der Waals surface area contributed by atoms with E-state index in [0.29, 0.717) is 18.5 Å². The molecule has 0 saturated heterocycles. The van der Waals surface area contributed by atoms with Crippen LogP contribution < -0.4 is 5.73 Å². The van der Waals surface area contributed by atoms with Gasteiger partial charge in [-0.1, -0.05) is 13.0 Å². The summed E-state index contributed by atoms with van der Waals surface area (Å²) in [6, 6.07) is 2.31. The lowest BCUT2D eigenvalue weighted by molar-refractivity contribution is 0.441. The Morgan fingerprint density at radius 1 is 1.47 bits per heavy atom. The molecule has 1 aromatic rings. The van der Waals surface area contributed by atoms with Crippen LogP contribution in [0.2, 0.25) is 0 Å². The first-order chi connectivity index (χ1) is 8.84. The zero-order valence-electron chi connectivity index (χ0n) is 11.2. The number of nitrogen functional groups attached to an aromatic ring is 1. The van der Waals surface area contributed by atoms with Crippen molar-refractivity contribution in [1.29, 1.82) is 0 Å². The smallest absolute Gasteiger partial charge is 0.243 e. The topological polar surface area (TPSA) is 63.4 Å². The van der Waals surface area contributed by atoms with Gasteiger partial charge in [-0.05, 0) is 31.0 Å². The third-order valence-electron chi connectivity index (χ3n) is 2.72. The zero-order chi connectivity index (χ0) is 14.6. The van der Waals surface area contributed by atoms with Gasteiger partial charge >= 0.3 is 0 Å². The maximum atomic E-state index is 13.3. The zero-order valence-corrected chi connectivity index (χ0v) is 12.0. The number of hydrogen-bond donors (Lipinski definition) is 1. The van der Waals surface area contributed by atoms with Crippen LogP contribution in [-0.2, 0) is 10.0 Å². The number of hydrogen-bond acceptors (Lipinski definition) is 3. The molecule has 1 aromatic carbocycles. The predicted octanol–water partition coefficient (Wildman–Crippen LogP) is 2.30. The minimum Gasteiger partial charge on any atom is -0.396 e. The van der Waals surface area contributed by atoms with Crippen LogP contribution in [0.4, 0.5) is 10.1 Å². The van der Waals surface area contributed by atoms with Gasteiger partial charge in [0.1, 0.15) is 5.82 Å². The fraction of sp³-hybridized carbons (Fsp3) is 0.385. The summed E-state index contributed by atoms with van der Waals surface area (Å²) in [4.78, 5) is 0.0432. The molecule has 0 unspecified atom stereocenters. The summed E-state index contributed by atoms with van der Waals surface area (Å²) in [6.45, 7) is 7.58. The number of benzene rings is 1. The Bertz CT molecular complexity index is 570. The van der Waals surface area contributed by atoms with Crippen LogP contribution >= 0.6 is 0 Å². The summed E-state index contributed by atoms with van der Waals surface area (Å²) >= 11 is 0. The van der Waals surface area contributed by atoms with Crippen LogP contribution in [0, 0.1) is 12.7 Å². The molecule has 0 fully saturated rings. The first-order valence-corrected chi connectivity index (χ1v) is 7.45. The first-order valence-electron chi connectivity index (χ1n) is 6.01. The van der Waals surface area contributed by atoms with Gasteiger partial charge in [-0.3, -0.25) is 0 Å². The molecule has 4 nitrogen and oxygen atoms in total. The molecule has 0 aromatic heterocycles. The minimum atomic E-state index is -3.68. The van der Waals surface area contributed by atoms with Gasteiger partial charge in [0.25, 0.3) is 0 Å². The van der Waals surface area contributed by atoms with Crippen molar-refractivity contribution < 1.29 is 12.8 Å². The molecule has 0 heterocycles. The van der Waals surface area contributed by atoms with Crippen molar-refractivity contribution >= 4 is 15.7 Å². The number of halogens is 1. The highest BCUT2D eigenvalue weighted by atomic mass is 32.2. The molecule has 0 atom stereocenters. The van der Waals surface area contributed by atoms with Crippen LogP contribution in [0.1, 0.15) is 18.9 Å². The molecule has 19 heavy (non-hydrogen) atoms. The van der Waals surface area contributed by atoms with Crippen molar-refractivity contribution in [1.82, 2.24) is 4.31 Å². The van der Waals surface area contributed by atoms with E-state index in [0.717, 1.165) is 6.07 Å². The largest absolute Gasteiger partial charge is 0.396 e. The van der Waals surface area contributed by atoms with E-state index in [1.165, 1.54) is 16.4 Å². The van der Waals surface area contributed by atoms with Crippen LogP contribution in [0.5, 0.6) is 0 Å². The minimum absolute atomic E-state index is 0.0432. The normalized spacial score (nSPS) is 11.8. The lowest BCUT2D eigenvalue weighted by Gasteiger charge is -2.21. The van der Waals surface area contributed by atoms with Crippen LogP contribution in [-0.4, -0.2) is 25.8 Å². The van der Waals surface area contributed by atoms with Crippen LogP contribution in [0.15, 0.2) is 29.7 Å². The van der Waals surface area contributed by atoms with Crippen molar-refractivity contribution in [3.63, 3.8) is 0 Å². The number of nitrogens with zero attached hydrogens (tertiary/aromatic N) is 1. The molecule has 0 aliphatic heterocycles. The molecule has 0 radical (unpaired) electrons. The summed E-state index contributed by atoms with van der Waals surface area (Å²) in [5, 5.41) is 0. The Kier molecular flexibility index (Phi) is 5.08. The maximum Gasteiger partial charge on any atom is 0.243 e. The Labute approximate surface area is 113 Å². The first kappa shape index (κ1) is 15.7. The monoisotopic (exact) mass is 286 g/mol. The number of rotatable bonds is 6. The SMILES string of the molecule is C=CCN(CCC)S(=O)(=O)c1cc(N)c(F)cc1C. The third-order valence-corrected chi connectivity index (χ3v) is 4.72. The van der Waals surface area contributed by atoms with Crippen molar-refractivity contribution in [2.24, 2.45) is 0 Å². The van der Waals surface area contributed by atoms with Gasteiger partial charge < -0.3 is 5.73 Å². The number of sulfonamides is 1. The van der Waals surface area contributed by atoms with Gasteiger partial charge in [0.05, 0.1) is 10.6 Å². The van der Waals surface area contributed by atoms with Crippen molar-refractivity contribution in [3.05, 3.63) is 36.2 Å². The molecule has 0 aliphatic rings. The summed E-state index contributed by atoms with van der Waals surface area (Å²) in [5.74, 6) is -0.609. The van der Waals surface area contributed by atoms with Gasteiger partial charge in [-0.25, -0.2) is 12.8 Å². The van der Waals surface area contributed by atoms with Gasteiger partial charge in [0.15, 0.2) is 0 Å². The molecule has 0 amide bonds. The Morgan fingerprint density at radius 2 is 2.11 bits per heavy atom. The molecule has 0 aliphatic carbocycles. The van der Waals surface area contributed by atoms with E-state index >= 15 is 0 Å².